The molecular formula is C26H37N3O. The number of rotatable bonds is 7. The third kappa shape index (κ3) is 4.70. The average Bonchev–Trinajstić information content (AvgIpc) is 3.23. The van der Waals surface area contributed by atoms with E-state index in [2.05, 4.69) is 47.2 Å². The van der Waals surface area contributed by atoms with E-state index in [0.29, 0.717) is 25.2 Å². The molecule has 1 aromatic carbocycles. The second-order valence-corrected chi connectivity index (χ2v) is 9.25. The van der Waals surface area contributed by atoms with E-state index in [9.17, 15) is 4.79 Å². The van der Waals surface area contributed by atoms with Crippen molar-refractivity contribution in [3.63, 3.8) is 0 Å². The SMILES string of the molecule is C=CCN(CC=C)C(=O)C1CCCN(C2CCN(C3Cc4ccccc4C3)CC2)C1. The Hall–Kier alpha value is -1.91. The van der Waals surface area contributed by atoms with Crippen molar-refractivity contribution < 1.29 is 4.79 Å². The van der Waals surface area contributed by atoms with Crippen LogP contribution in [0.3, 0.4) is 0 Å². The molecule has 162 valence electrons. The van der Waals surface area contributed by atoms with Gasteiger partial charge in [0.15, 0.2) is 0 Å². The Labute approximate surface area is 182 Å². The third-order valence-corrected chi connectivity index (χ3v) is 7.37. The van der Waals surface area contributed by atoms with Crippen molar-refractivity contribution in [3.8, 4) is 0 Å². The second kappa shape index (κ2) is 9.93. The van der Waals surface area contributed by atoms with Gasteiger partial charge >= 0.3 is 0 Å². The zero-order valence-corrected chi connectivity index (χ0v) is 18.3. The van der Waals surface area contributed by atoms with Crippen LogP contribution in [-0.4, -0.2) is 72.0 Å². The van der Waals surface area contributed by atoms with Crippen molar-refractivity contribution in [2.75, 3.05) is 39.3 Å². The molecular weight excluding hydrogens is 370 g/mol. The number of likely N-dealkylation sites (tertiary alicyclic amines) is 2. The van der Waals surface area contributed by atoms with Crippen LogP contribution < -0.4 is 0 Å². The lowest BCUT2D eigenvalue weighted by molar-refractivity contribution is -0.136. The molecule has 4 nitrogen and oxygen atoms in total. The Morgan fingerprint density at radius 2 is 1.57 bits per heavy atom. The van der Waals surface area contributed by atoms with E-state index in [0.717, 1.165) is 25.9 Å². The molecule has 2 saturated heterocycles. The van der Waals surface area contributed by atoms with Gasteiger partial charge in [-0.3, -0.25) is 14.6 Å². The molecule has 4 heteroatoms. The molecule has 1 aromatic rings. The molecule has 3 aliphatic rings. The number of carbonyl (C=O) groups is 1. The van der Waals surface area contributed by atoms with Crippen LogP contribution in [0.2, 0.25) is 0 Å². The summed E-state index contributed by atoms with van der Waals surface area (Å²) in [7, 11) is 0. The maximum absolute atomic E-state index is 13.0. The van der Waals surface area contributed by atoms with Crippen LogP contribution in [0.5, 0.6) is 0 Å². The summed E-state index contributed by atoms with van der Waals surface area (Å²) in [4.78, 5) is 20.3. The molecule has 2 heterocycles. The van der Waals surface area contributed by atoms with Gasteiger partial charge in [0.1, 0.15) is 0 Å². The molecule has 0 bridgehead atoms. The number of nitrogens with zero attached hydrogens (tertiary/aromatic N) is 3. The summed E-state index contributed by atoms with van der Waals surface area (Å²) >= 11 is 0. The van der Waals surface area contributed by atoms with E-state index in [-0.39, 0.29) is 11.8 Å². The van der Waals surface area contributed by atoms with Gasteiger partial charge in [0.25, 0.3) is 0 Å². The predicted molar refractivity (Wildman–Crippen MR) is 124 cm³/mol. The van der Waals surface area contributed by atoms with Crippen LogP contribution in [-0.2, 0) is 17.6 Å². The number of piperidine rings is 2. The Kier molecular flexibility index (Phi) is 7.06. The van der Waals surface area contributed by atoms with Crippen molar-refractivity contribution in [1.82, 2.24) is 14.7 Å². The minimum absolute atomic E-state index is 0.126. The molecule has 0 aromatic heterocycles. The largest absolute Gasteiger partial charge is 0.335 e. The number of carbonyl (C=O) groups excluding carboxylic acids is 1. The number of hydrogen-bond acceptors (Lipinski definition) is 3. The van der Waals surface area contributed by atoms with Crippen LogP contribution in [0.1, 0.15) is 36.8 Å². The highest BCUT2D eigenvalue weighted by Gasteiger charge is 2.35. The van der Waals surface area contributed by atoms with Crippen LogP contribution in [0.25, 0.3) is 0 Å². The van der Waals surface area contributed by atoms with Crippen molar-refractivity contribution in [2.24, 2.45) is 5.92 Å². The lowest BCUT2D eigenvalue weighted by atomic mass is 9.92. The minimum atomic E-state index is 0.126. The number of hydrogen-bond donors (Lipinski definition) is 0. The highest BCUT2D eigenvalue weighted by atomic mass is 16.2. The topological polar surface area (TPSA) is 26.8 Å². The highest BCUT2D eigenvalue weighted by molar-refractivity contribution is 5.79. The Bertz CT molecular complexity index is 717. The molecule has 2 aliphatic heterocycles. The maximum atomic E-state index is 13.0. The Morgan fingerprint density at radius 1 is 0.933 bits per heavy atom. The molecule has 1 unspecified atom stereocenters. The van der Waals surface area contributed by atoms with Crippen LogP contribution in [0.15, 0.2) is 49.6 Å². The standard InChI is InChI=1S/C26H37N3O/c1-3-13-28(14-4-2)26(30)23-10-7-15-29(20-23)24-11-16-27(17-12-24)25-18-21-8-5-6-9-22(21)19-25/h3-6,8-9,23-25H,1-2,7,10-20H2. The lowest BCUT2D eigenvalue weighted by Crippen LogP contribution is -2.52. The lowest BCUT2D eigenvalue weighted by Gasteiger charge is -2.44. The van der Waals surface area contributed by atoms with Crippen molar-refractivity contribution in [3.05, 3.63) is 60.7 Å². The molecule has 2 fully saturated rings. The molecule has 30 heavy (non-hydrogen) atoms. The maximum Gasteiger partial charge on any atom is 0.227 e. The molecule has 0 radical (unpaired) electrons. The van der Waals surface area contributed by atoms with Gasteiger partial charge in [-0.2, -0.15) is 0 Å². The third-order valence-electron chi connectivity index (χ3n) is 7.37. The molecule has 4 rings (SSSR count). The minimum Gasteiger partial charge on any atom is -0.335 e. The van der Waals surface area contributed by atoms with Crippen molar-refractivity contribution >= 4 is 5.91 Å². The fourth-order valence-electron chi connectivity index (χ4n) is 5.77. The average molecular weight is 408 g/mol. The van der Waals surface area contributed by atoms with E-state index in [1.807, 2.05) is 17.1 Å². The quantitative estimate of drug-likeness (QED) is 0.647. The summed E-state index contributed by atoms with van der Waals surface area (Å²) in [5.41, 5.74) is 3.09. The number of amides is 1. The first-order valence-corrected chi connectivity index (χ1v) is 11.7. The van der Waals surface area contributed by atoms with Gasteiger partial charge in [-0.15, -0.1) is 13.2 Å². The van der Waals surface area contributed by atoms with Crippen LogP contribution >= 0.6 is 0 Å². The smallest absolute Gasteiger partial charge is 0.227 e. The summed E-state index contributed by atoms with van der Waals surface area (Å²) in [6.45, 7) is 13.3. The normalized spacial score (nSPS) is 23.8. The summed E-state index contributed by atoms with van der Waals surface area (Å²) in [5, 5.41) is 0. The Morgan fingerprint density at radius 3 is 2.17 bits per heavy atom. The summed E-state index contributed by atoms with van der Waals surface area (Å²) in [6.07, 6.45) is 10.7. The van der Waals surface area contributed by atoms with E-state index in [1.54, 1.807) is 11.1 Å². The fourth-order valence-corrected chi connectivity index (χ4v) is 5.77. The van der Waals surface area contributed by atoms with Gasteiger partial charge < -0.3 is 4.90 Å². The highest BCUT2D eigenvalue weighted by Crippen LogP contribution is 2.30. The molecule has 1 atom stereocenters. The van der Waals surface area contributed by atoms with Crippen LogP contribution in [0, 0.1) is 5.92 Å². The van der Waals surface area contributed by atoms with Gasteiger partial charge in [-0.1, -0.05) is 36.4 Å². The fraction of sp³-hybridized carbons (Fsp3) is 0.577. The zero-order valence-electron chi connectivity index (χ0n) is 18.3. The van der Waals surface area contributed by atoms with Crippen LogP contribution in [0.4, 0.5) is 0 Å². The number of benzene rings is 1. The first-order valence-electron chi connectivity index (χ1n) is 11.7. The van der Waals surface area contributed by atoms with Gasteiger partial charge in [-0.05, 0) is 69.3 Å². The first-order chi connectivity index (χ1) is 14.7. The van der Waals surface area contributed by atoms with E-state index < -0.39 is 0 Å². The van der Waals surface area contributed by atoms with E-state index >= 15 is 0 Å². The summed E-state index contributed by atoms with van der Waals surface area (Å²) < 4.78 is 0. The zero-order chi connectivity index (χ0) is 20.9. The Balaban J connectivity index is 1.29. The molecule has 1 amide bonds. The van der Waals surface area contributed by atoms with Crippen molar-refractivity contribution in [1.29, 1.82) is 0 Å². The molecule has 1 aliphatic carbocycles. The summed E-state index contributed by atoms with van der Waals surface area (Å²) in [6, 6.07) is 10.3. The summed E-state index contributed by atoms with van der Waals surface area (Å²) in [5.74, 6) is 0.404. The van der Waals surface area contributed by atoms with Gasteiger partial charge in [0.05, 0.1) is 5.92 Å². The van der Waals surface area contributed by atoms with E-state index in [1.165, 1.54) is 38.8 Å². The second-order valence-electron chi connectivity index (χ2n) is 9.25. The number of fused-ring (bicyclic) bond motifs is 1. The molecule has 0 N–H and O–H groups in total. The first kappa shape index (κ1) is 21.3. The molecule has 0 saturated carbocycles. The van der Waals surface area contributed by atoms with E-state index in [4.69, 9.17) is 0 Å². The monoisotopic (exact) mass is 407 g/mol. The van der Waals surface area contributed by atoms with Gasteiger partial charge in [0.2, 0.25) is 5.91 Å². The van der Waals surface area contributed by atoms with Crippen molar-refractivity contribution in [2.45, 2.75) is 50.6 Å². The molecule has 0 spiro atoms. The van der Waals surface area contributed by atoms with Gasteiger partial charge in [0, 0.05) is 31.7 Å². The van der Waals surface area contributed by atoms with Gasteiger partial charge in [-0.25, -0.2) is 0 Å². The predicted octanol–water partition coefficient (Wildman–Crippen LogP) is 3.53.